The van der Waals surface area contributed by atoms with Crippen molar-refractivity contribution in [2.45, 2.75) is 26.4 Å². The summed E-state index contributed by atoms with van der Waals surface area (Å²) in [5, 5.41) is 13.4. The first-order valence-electron chi connectivity index (χ1n) is 5.29. The molecule has 0 saturated heterocycles. The van der Waals surface area contributed by atoms with Gasteiger partial charge in [-0.15, -0.1) is 0 Å². The smallest absolute Gasteiger partial charge is 0.264 e. The fraction of sp³-hybridized carbons (Fsp3) is 0.500. The molecule has 1 N–H and O–H groups in total. The predicted octanol–water partition coefficient (Wildman–Crippen LogP) is -0.00470. The molecule has 2 aromatic heterocycles. The van der Waals surface area contributed by atoms with E-state index >= 15 is 0 Å². The molecule has 0 spiro atoms. The largest absolute Gasteiger partial charge is 0.394 e. The third-order valence-corrected chi connectivity index (χ3v) is 2.40. The summed E-state index contributed by atoms with van der Waals surface area (Å²) >= 11 is 0. The van der Waals surface area contributed by atoms with E-state index < -0.39 is 0 Å². The molecule has 6 nitrogen and oxygen atoms in total. The molecule has 0 radical (unpaired) electrons. The number of aryl methyl sites for hydroxylation is 1. The van der Waals surface area contributed by atoms with E-state index in [2.05, 4.69) is 10.1 Å². The van der Waals surface area contributed by atoms with Gasteiger partial charge in [-0.1, -0.05) is 6.92 Å². The molecule has 86 valence electrons. The van der Waals surface area contributed by atoms with E-state index in [0.717, 1.165) is 6.42 Å². The Bertz CT molecular complexity index is 543. The maximum atomic E-state index is 11.9. The number of aromatic nitrogens is 4. The molecule has 2 heterocycles. The van der Waals surface area contributed by atoms with Crippen LogP contribution >= 0.6 is 0 Å². The molecule has 2 rings (SSSR count). The van der Waals surface area contributed by atoms with Gasteiger partial charge in [0.25, 0.3) is 5.56 Å². The van der Waals surface area contributed by atoms with Crippen molar-refractivity contribution in [1.82, 2.24) is 19.3 Å². The van der Waals surface area contributed by atoms with Gasteiger partial charge in [-0.3, -0.25) is 9.36 Å². The van der Waals surface area contributed by atoms with Crippen LogP contribution in [0.15, 0.2) is 17.3 Å². The Hall–Kier alpha value is -1.69. The third-order valence-electron chi connectivity index (χ3n) is 2.40. The lowest BCUT2D eigenvalue weighted by molar-refractivity contribution is 0.271. The van der Waals surface area contributed by atoms with Crippen LogP contribution in [0, 0.1) is 0 Å². The zero-order chi connectivity index (χ0) is 11.5. The van der Waals surface area contributed by atoms with E-state index in [9.17, 15) is 4.79 Å². The first kappa shape index (κ1) is 10.8. The molecule has 0 aromatic carbocycles. The van der Waals surface area contributed by atoms with Crippen molar-refractivity contribution < 1.29 is 5.11 Å². The lowest BCUT2D eigenvalue weighted by Crippen LogP contribution is -2.20. The van der Waals surface area contributed by atoms with E-state index in [1.165, 1.54) is 17.2 Å². The summed E-state index contributed by atoms with van der Waals surface area (Å²) in [6.07, 6.45) is 3.92. The van der Waals surface area contributed by atoms with Gasteiger partial charge < -0.3 is 5.11 Å². The van der Waals surface area contributed by atoms with Gasteiger partial charge in [0.15, 0.2) is 5.65 Å². The van der Waals surface area contributed by atoms with Gasteiger partial charge in [0.05, 0.1) is 25.7 Å². The number of rotatable bonds is 4. The van der Waals surface area contributed by atoms with Gasteiger partial charge in [-0.2, -0.15) is 5.10 Å². The van der Waals surface area contributed by atoms with Gasteiger partial charge in [-0.05, 0) is 6.42 Å². The zero-order valence-electron chi connectivity index (χ0n) is 9.13. The van der Waals surface area contributed by atoms with Crippen LogP contribution in [-0.4, -0.2) is 31.0 Å². The zero-order valence-corrected chi connectivity index (χ0v) is 9.13. The SMILES string of the molecule is CCCn1cnc2c(cnn2CCO)c1=O. The van der Waals surface area contributed by atoms with Crippen LogP contribution in [0.4, 0.5) is 0 Å². The average Bonchev–Trinajstić information content (AvgIpc) is 2.67. The normalized spacial score (nSPS) is 11.1. The highest BCUT2D eigenvalue weighted by Gasteiger charge is 2.08. The topological polar surface area (TPSA) is 72.9 Å². The second-order valence-corrected chi connectivity index (χ2v) is 3.57. The van der Waals surface area contributed by atoms with E-state index in [4.69, 9.17) is 5.11 Å². The minimum Gasteiger partial charge on any atom is -0.394 e. The Kier molecular flexibility index (Phi) is 3.00. The Morgan fingerprint density at radius 3 is 2.94 bits per heavy atom. The number of aliphatic hydroxyl groups excluding tert-OH is 1. The van der Waals surface area contributed by atoms with Crippen molar-refractivity contribution in [1.29, 1.82) is 0 Å². The number of aliphatic hydroxyl groups is 1. The Labute approximate surface area is 92.2 Å². The van der Waals surface area contributed by atoms with Crippen LogP contribution < -0.4 is 5.56 Å². The number of hydrogen-bond donors (Lipinski definition) is 1. The van der Waals surface area contributed by atoms with Crippen molar-refractivity contribution in [2.24, 2.45) is 0 Å². The second kappa shape index (κ2) is 4.44. The summed E-state index contributed by atoms with van der Waals surface area (Å²) < 4.78 is 3.11. The number of hydrogen-bond acceptors (Lipinski definition) is 4. The summed E-state index contributed by atoms with van der Waals surface area (Å²) in [4.78, 5) is 16.1. The van der Waals surface area contributed by atoms with Gasteiger partial charge in [-0.25, -0.2) is 9.67 Å². The molecule has 0 fully saturated rings. The van der Waals surface area contributed by atoms with Crippen LogP contribution in [0.2, 0.25) is 0 Å². The van der Waals surface area contributed by atoms with Crippen molar-refractivity contribution in [3.8, 4) is 0 Å². The molecule has 0 aliphatic carbocycles. The van der Waals surface area contributed by atoms with E-state index in [1.807, 2.05) is 6.92 Å². The lowest BCUT2D eigenvalue weighted by Gasteiger charge is -2.03. The predicted molar refractivity (Wildman–Crippen MR) is 59.2 cm³/mol. The maximum absolute atomic E-state index is 11.9. The maximum Gasteiger partial charge on any atom is 0.264 e. The standard InChI is InChI=1S/C10H14N4O2/c1-2-3-13-7-11-9-8(10(13)16)6-12-14(9)4-5-15/h6-7,15H,2-5H2,1H3. The molecule has 0 unspecified atom stereocenters. The van der Waals surface area contributed by atoms with Crippen LogP contribution in [-0.2, 0) is 13.1 Å². The van der Waals surface area contributed by atoms with Crippen molar-refractivity contribution in [3.63, 3.8) is 0 Å². The molecule has 0 amide bonds. The molecular weight excluding hydrogens is 208 g/mol. The summed E-state index contributed by atoms with van der Waals surface area (Å²) in [6.45, 7) is 3.00. The molecule has 0 bridgehead atoms. The molecule has 0 atom stereocenters. The first-order chi connectivity index (χ1) is 7.77. The molecule has 16 heavy (non-hydrogen) atoms. The summed E-state index contributed by atoms with van der Waals surface area (Å²) in [6, 6.07) is 0. The minimum absolute atomic E-state index is 0.0174. The highest BCUT2D eigenvalue weighted by molar-refractivity contribution is 5.72. The molecule has 2 aromatic rings. The molecule has 0 aliphatic heterocycles. The van der Waals surface area contributed by atoms with Crippen LogP contribution in [0.25, 0.3) is 11.0 Å². The molecular formula is C10H14N4O2. The summed E-state index contributed by atoms with van der Waals surface area (Å²) in [5.74, 6) is 0. The molecule has 6 heteroatoms. The Balaban J connectivity index is 2.55. The highest BCUT2D eigenvalue weighted by atomic mass is 16.3. The van der Waals surface area contributed by atoms with Crippen molar-refractivity contribution in [3.05, 3.63) is 22.9 Å². The van der Waals surface area contributed by atoms with Crippen LogP contribution in [0.5, 0.6) is 0 Å². The number of nitrogens with zero attached hydrogens (tertiary/aromatic N) is 4. The first-order valence-corrected chi connectivity index (χ1v) is 5.29. The van der Waals surface area contributed by atoms with Gasteiger partial charge in [0.1, 0.15) is 5.39 Å². The Morgan fingerprint density at radius 2 is 2.25 bits per heavy atom. The fourth-order valence-electron chi connectivity index (χ4n) is 1.66. The van der Waals surface area contributed by atoms with Crippen LogP contribution in [0.1, 0.15) is 13.3 Å². The van der Waals surface area contributed by atoms with Crippen molar-refractivity contribution >= 4 is 11.0 Å². The van der Waals surface area contributed by atoms with Gasteiger partial charge >= 0.3 is 0 Å². The molecule has 0 saturated carbocycles. The summed E-state index contributed by atoms with van der Waals surface area (Å²) in [7, 11) is 0. The monoisotopic (exact) mass is 222 g/mol. The van der Waals surface area contributed by atoms with E-state index in [1.54, 1.807) is 4.57 Å². The summed E-state index contributed by atoms with van der Waals surface area (Å²) in [5.41, 5.74) is 0.461. The third kappa shape index (κ3) is 1.71. The minimum atomic E-state index is -0.0731. The quantitative estimate of drug-likeness (QED) is 0.790. The second-order valence-electron chi connectivity index (χ2n) is 3.57. The van der Waals surface area contributed by atoms with Crippen molar-refractivity contribution in [2.75, 3.05) is 6.61 Å². The van der Waals surface area contributed by atoms with Gasteiger partial charge in [0, 0.05) is 6.54 Å². The Morgan fingerprint density at radius 1 is 1.44 bits per heavy atom. The van der Waals surface area contributed by atoms with Crippen LogP contribution in [0.3, 0.4) is 0 Å². The lowest BCUT2D eigenvalue weighted by atomic mass is 10.4. The van der Waals surface area contributed by atoms with Gasteiger partial charge in [0.2, 0.25) is 0 Å². The fourth-order valence-corrected chi connectivity index (χ4v) is 1.66. The molecule has 0 aliphatic rings. The van der Waals surface area contributed by atoms with E-state index in [-0.39, 0.29) is 12.2 Å². The van der Waals surface area contributed by atoms with E-state index in [0.29, 0.717) is 24.1 Å². The highest BCUT2D eigenvalue weighted by Crippen LogP contribution is 2.05. The number of fused-ring (bicyclic) bond motifs is 1. The average molecular weight is 222 g/mol.